The highest BCUT2D eigenvalue weighted by Gasteiger charge is 2.15. The summed E-state index contributed by atoms with van der Waals surface area (Å²) in [5, 5.41) is 18.2. The number of thiophene rings is 1. The van der Waals surface area contributed by atoms with Crippen molar-refractivity contribution in [1.29, 1.82) is 5.26 Å². The molecule has 2 aromatic heterocycles. The lowest BCUT2D eigenvalue weighted by molar-refractivity contribution is 0.368. The van der Waals surface area contributed by atoms with Gasteiger partial charge in [-0.1, -0.05) is 11.2 Å². The molecule has 0 spiro atoms. The summed E-state index contributed by atoms with van der Waals surface area (Å²) < 4.78 is 11.2. The van der Waals surface area contributed by atoms with E-state index in [4.69, 9.17) is 14.5 Å². The summed E-state index contributed by atoms with van der Waals surface area (Å²) in [5.41, 5.74) is 1.51. The SMILES string of the molecule is CC(Nc1ccc(Oc2ccc(C#N)cc2)cc1)c1nc(-c2cccs2)no1. The van der Waals surface area contributed by atoms with Crippen LogP contribution in [0.5, 0.6) is 11.5 Å². The first-order chi connectivity index (χ1) is 13.7. The molecule has 0 bridgehead atoms. The van der Waals surface area contributed by atoms with Crippen LogP contribution in [-0.2, 0) is 0 Å². The van der Waals surface area contributed by atoms with Crippen molar-refractivity contribution in [1.82, 2.24) is 10.1 Å². The van der Waals surface area contributed by atoms with Gasteiger partial charge in [0.2, 0.25) is 11.7 Å². The first-order valence-electron chi connectivity index (χ1n) is 8.63. The van der Waals surface area contributed by atoms with E-state index < -0.39 is 0 Å². The van der Waals surface area contributed by atoms with Crippen molar-refractivity contribution >= 4 is 17.0 Å². The first-order valence-corrected chi connectivity index (χ1v) is 9.51. The molecule has 2 heterocycles. The van der Waals surface area contributed by atoms with E-state index in [1.165, 1.54) is 0 Å². The summed E-state index contributed by atoms with van der Waals surface area (Å²) in [4.78, 5) is 5.44. The third kappa shape index (κ3) is 4.03. The van der Waals surface area contributed by atoms with Gasteiger partial charge in [0.05, 0.1) is 16.5 Å². The summed E-state index contributed by atoms with van der Waals surface area (Å²) in [6, 6.07) is 20.5. The van der Waals surface area contributed by atoms with E-state index in [0.29, 0.717) is 28.8 Å². The number of nitriles is 1. The quantitative estimate of drug-likeness (QED) is 0.460. The largest absolute Gasteiger partial charge is 0.457 e. The molecular formula is C21H16N4O2S. The van der Waals surface area contributed by atoms with Crippen LogP contribution in [0, 0.1) is 11.3 Å². The third-order valence-electron chi connectivity index (χ3n) is 4.01. The third-order valence-corrected chi connectivity index (χ3v) is 4.88. The van der Waals surface area contributed by atoms with Crippen LogP contribution in [0.15, 0.2) is 70.6 Å². The fraction of sp³-hybridized carbons (Fsp3) is 0.0952. The fourth-order valence-electron chi connectivity index (χ4n) is 2.58. The zero-order chi connectivity index (χ0) is 19.3. The Morgan fingerprint density at radius 3 is 2.43 bits per heavy atom. The first kappa shape index (κ1) is 17.8. The number of rotatable bonds is 6. The number of hydrogen-bond donors (Lipinski definition) is 1. The van der Waals surface area contributed by atoms with Gasteiger partial charge in [-0.05, 0) is 66.9 Å². The molecule has 6 nitrogen and oxygen atoms in total. The van der Waals surface area contributed by atoms with Crippen molar-refractivity contribution in [3.8, 4) is 28.3 Å². The van der Waals surface area contributed by atoms with Crippen molar-refractivity contribution < 1.29 is 9.26 Å². The van der Waals surface area contributed by atoms with Gasteiger partial charge in [0.1, 0.15) is 17.5 Å². The Bertz CT molecular complexity index is 1080. The van der Waals surface area contributed by atoms with Gasteiger partial charge in [-0.3, -0.25) is 0 Å². The van der Waals surface area contributed by atoms with E-state index in [9.17, 15) is 0 Å². The number of ether oxygens (including phenoxy) is 1. The minimum Gasteiger partial charge on any atom is -0.457 e. The number of nitrogens with zero attached hydrogens (tertiary/aromatic N) is 3. The summed E-state index contributed by atoms with van der Waals surface area (Å²) in [6.45, 7) is 1.97. The molecule has 4 aromatic rings. The molecule has 0 amide bonds. The molecule has 1 atom stereocenters. The standard InChI is InChI=1S/C21H16N4O2S/c1-14(21-24-20(25-27-21)19-3-2-12-28-19)23-16-6-10-18(11-7-16)26-17-8-4-15(13-22)5-9-17/h2-12,14,23H,1H3. The molecule has 1 unspecified atom stereocenters. The molecule has 0 saturated heterocycles. The Morgan fingerprint density at radius 1 is 1.07 bits per heavy atom. The molecule has 0 aliphatic heterocycles. The average Bonchev–Trinajstić information content (AvgIpc) is 3.42. The highest BCUT2D eigenvalue weighted by atomic mass is 32.1. The molecular weight excluding hydrogens is 372 g/mol. The summed E-state index contributed by atoms with van der Waals surface area (Å²) in [7, 11) is 0. The molecule has 1 N–H and O–H groups in total. The van der Waals surface area contributed by atoms with Crippen LogP contribution < -0.4 is 10.1 Å². The summed E-state index contributed by atoms with van der Waals surface area (Å²) in [5.74, 6) is 2.52. The maximum absolute atomic E-state index is 8.84. The van der Waals surface area contributed by atoms with Crippen LogP contribution in [-0.4, -0.2) is 10.1 Å². The van der Waals surface area contributed by atoms with E-state index in [0.717, 1.165) is 10.6 Å². The van der Waals surface area contributed by atoms with Gasteiger partial charge in [0, 0.05) is 5.69 Å². The minimum absolute atomic E-state index is 0.133. The van der Waals surface area contributed by atoms with E-state index in [2.05, 4.69) is 21.5 Å². The van der Waals surface area contributed by atoms with Gasteiger partial charge >= 0.3 is 0 Å². The Morgan fingerprint density at radius 2 is 1.79 bits per heavy atom. The van der Waals surface area contributed by atoms with Crippen molar-refractivity contribution in [2.75, 3.05) is 5.32 Å². The predicted molar refractivity (Wildman–Crippen MR) is 107 cm³/mol. The van der Waals surface area contributed by atoms with Gasteiger partial charge in [-0.15, -0.1) is 11.3 Å². The van der Waals surface area contributed by atoms with Crippen molar-refractivity contribution in [2.45, 2.75) is 13.0 Å². The fourth-order valence-corrected chi connectivity index (χ4v) is 3.23. The maximum Gasteiger partial charge on any atom is 0.249 e. The molecule has 4 rings (SSSR count). The monoisotopic (exact) mass is 388 g/mol. The number of hydrogen-bond acceptors (Lipinski definition) is 7. The number of anilines is 1. The second-order valence-electron chi connectivity index (χ2n) is 6.06. The lowest BCUT2D eigenvalue weighted by Gasteiger charge is -2.12. The van der Waals surface area contributed by atoms with Crippen LogP contribution in [0.25, 0.3) is 10.7 Å². The van der Waals surface area contributed by atoms with Gasteiger partial charge < -0.3 is 14.6 Å². The smallest absolute Gasteiger partial charge is 0.249 e. The van der Waals surface area contributed by atoms with Crippen LogP contribution in [0.2, 0.25) is 0 Å². The highest BCUT2D eigenvalue weighted by Crippen LogP contribution is 2.27. The van der Waals surface area contributed by atoms with Crippen molar-refractivity contribution in [3.05, 3.63) is 77.5 Å². The van der Waals surface area contributed by atoms with Gasteiger partial charge in [-0.25, -0.2) is 0 Å². The van der Waals surface area contributed by atoms with Gasteiger partial charge in [0.15, 0.2) is 0 Å². The zero-order valence-electron chi connectivity index (χ0n) is 15.0. The lowest BCUT2D eigenvalue weighted by atomic mass is 10.2. The molecule has 138 valence electrons. The predicted octanol–water partition coefficient (Wildman–Crippen LogP) is 5.64. The number of nitrogens with one attached hydrogen (secondary N) is 1. The molecule has 28 heavy (non-hydrogen) atoms. The van der Waals surface area contributed by atoms with E-state index in [1.54, 1.807) is 35.6 Å². The minimum atomic E-state index is -0.133. The van der Waals surface area contributed by atoms with Crippen LogP contribution in [0.3, 0.4) is 0 Å². The molecule has 0 aliphatic rings. The Balaban J connectivity index is 1.39. The van der Waals surface area contributed by atoms with E-state index in [1.807, 2.05) is 48.7 Å². The van der Waals surface area contributed by atoms with Crippen molar-refractivity contribution in [2.24, 2.45) is 0 Å². The number of benzene rings is 2. The van der Waals surface area contributed by atoms with Crippen molar-refractivity contribution in [3.63, 3.8) is 0 Å². The van der Waals surface area contributed by atoms with E-state index in [-0.39, 0.29) is 6.04 Å². The Labute approximate surface area is 166 Å². The maximum atomic E-state index is 8.84. The Hall–Kier alpha value is -3.63. The zero-order valence-corrected chi connectivity index (χ0v) is 15.8. The Kier molecular flexibility index (Phi) is 5.04. The van der Waals surface area contributed by atoms with Crippen LogP contribution in [0.1, 0.15) is 24.4 Å². The second kappa shape index (κ2) is 7.94. The molecule has 0 saturated carbocycles. The molecule has 0 aliphatic carbocycles. The molecule has 2 aromatic carbocycles. The molecule has 0 fully saturated rings. The van der Waals surface area contributed by atoms with E-state index >= 15 is 0 Å². The van der Waals surface area contributed by atoms with Gasteiger partial charge in [0.25, 0.3) is 0 Å². The lowest BCUT2D eigenvalue weighted by Crippen LogP contribution is -2.06. The topological polar surface area (TPSA) is 84.0 Å². The molecule has 7 heteroatoms. The van der Waals surface area contributed by atoms with Crippen LogP contribution in [0.4, 0.5) is 5.69 Å². The number of aromatic nitrogens is 2. The summed E-state index contributed by atoms with van der Waals surface area (Å²) >= 11 is 1.57. The summed E-state index contributed by atoms with van der Waals surface area (Å²) in [6.07, 6.45) is 0. The normalized spacial score (nSPS) is 11.6. The average molecular weight is 388 g/mol. The van der Waals surface area contributed by atoms with Crippen LogP contribution >= 0.6 is 11.3 Å². The highest BCUT2D eigenvalue weighted by molar-refractivity contribution is 7.13. The second-order valence-corrected chi connectivity index (χ2v) is 7.01. The molecule has 0 radical (unpaired) electrons. The van der Waals surface area contributed by atoms with Gasteiger partial charge in [-0.2, -0.15) is 10.2 Å².